The first-order valence-electron chi connectivity index (χ1n) is 5.70. The van der Waals surface area contributed by atoms with Gasteiger partial charge in [0.25, 0.3) is 0 Å². The summed E-state index contributed by atoms with van der Waals surface area (Å²) in [6, 6.07) is 2.97. The molecule has 0 unspecified atom stereocenters. The van der Waals surface area contributed by atoms with Crippen LogP contribution in [0.1, 0.15) is 36.5 Å². The number of carbonyl (C=O) groups excluding carboxylic acids is 1. The molecule has 0 bridgehead atoms. The summed E-state index contributed by atoms with van der Waals surface area (Å²) < 4.78 is 26.8. The molecular formula is C13H15F2NO2. The van der Waals surface area contributed by atoms with Gasteiger partial charge >= 0.3 is 5.92 Å². The highest BCUT2D eigenvalue weighted by atomic mass is 19.3. The van der Waals surface area contributed by atoms with E-state index < -0.39 is 23.9 Å². The Morgan fingerprint density at radius 2 is 2.28 bits per heavy atom. The molecule has 18 heavy (non-hydrogen) atoms. The average Bonchev–Trinajstić information content (AvgIpc) is 2.37. The van der Waals surface area contributed by atoms with E-state index >= 15 is 0 Å². The van der Waals surface area contributed by atoms with E-state index in [9.17, 15) is 18.7 Å². The van der Waals surface area contributed by atoms with Crippen molar-refractivity contribution in [1.29, 1.82) is 0 Å². The van der Waals surface area contributed by atoms with Gasteiger partial charge in [0.1, 0.15) is 0 Å². The van der Waals surface area contributed by atoms with Crippen LogP contribution in [0.3, 0.4) is 0 Å². The molecule has 0 amide bonds. The number of alkyl halides is 2. The number of hydrogen-bond donors (Lipinski definition) is 1. The minimum atomic E-state index is -3.35. The number of hydrogen-bond acceptors (Lipinski definition) is 3. The van der Waals surface area contributed by atoms with Crippen molar-refractivity contribution in [2.45, 2.75) is 32.1 Å². The second kappa shape index (κ2) is 6.23. The summed E-state index contributed by atoms with van der Waals surface area (Å²) in [4.78, 5) is 15.3. The summed E-state index contributed by atoms with van der Waals surface area (Å²) in [6.45, 7) is 1.78. The summed E-state index contributed by atoms with van der Waals surface area (Å²) in [5.41, 5.74) is 0.162. The minimum Gasteiger partial charge on any atom is -0.506 e. The Balaban J connectivity index is 2.80. The normalized spacial score (nSPS) is 12.5. The van der Waals surface area contributed by atoms with E-state index in [-0.39, 0.29) is 12.0 Å². The van der Waals surface area contributed by atoms with Crippen LogP contribution in [0.2, 0.25) is 0 Å². The van der Waals surface area contributed by atoms with Crippen LogP contribution in [-0.4, -0.2) is 21.8 Å². The Hall–Kier alpha value is -1.78. The zero-order valence-electron chi connectivity index (χ0n) is 10.1. The van der Waals surface area contributed by atoms with Crippen molar-refractivity contribution in [2.24, 2.45) is 0 Å². The molecule has 5 heteroatoms. The summed E-state index contributed by atoms with van der Waals surface area (Å²) >= 11 is 0. The van der Waals surface area contributed by atoms with E-state index in [1.54, 1.807) is 6.92 Å². The largest absolute Gasteiger partial charge is 0.506 e. The van der Waals surface area contributed by atoms with Crippen molar-refractivity contribution >= 4 is 5.78 Å². The first kappa shape index (κ1) is 14.3. The molecule has 98 valence electrons. The van der Waals surface area contributed by atoms with Gasteiger partial charge in [0.05, 0.1) is 0 Å². The monoisotopic (exact) mass is 255 g/mol. The van der Waals surface area contributed by atoms with Gasteiger partial charge in [0.15, 0.2) is 11.5 Å². The van der Waals surface area contributed by atoms with Crippen molar-refractivity contribution in [3.63, 3.8) is 0 Å². The maximum atomic E-state index is 13.4. The van der Waals surface area contributed by atoms with Gasteiger partial charge < -0.3 is 5.11 Å². The topological polar surface area (TPSA) is 50.2 Å². The highest BCUT2D eigenvalue weighted by molar-refractivity contribution is 6.04. The Labute approximate surface area is 104 Å². The number of halogens is 2. The molecule has 0 aliphatic carbocycles. The van der Waals surface area contributed by atoms with E-state index in [1.165, 1.54) is 24.5 Å². The molecular weight excluding hydrogens is 240 g/mol. The summed E-state index contributed by atoms with van der Waals surface area (Å²) in [6.07, 6.45) is 3.71. The standard InChI is InChI=1S/C13H15F2NO2/c1-2-3-6-13(14,15)12(18)8-11(17)10-5-4-7-16-9-10/h4-5,7-9,18H,2-3,6H2,1H3/b12-8-. The highest BCUT2D eigenvalue weighted by Gasteiger charge is 2.34. The number of carbonyl (C=O) groups is 1. The number of aliphatic hydroxyl groups is 1. The lowest BCUT2D eigenvalue weighted by atomic mass is 10.1. The Morgan fingerprint density at radius 1 is 1.56 bits per heavy atom. The van der Waals surface area contributed by atoms with Crippen molar-refractivity contribution < 1.29 is 18.7 Å². The summed E-state index contributed by atoms with van der Waals surface area (Å²) in [5.74, 6) is -5.23. The third-order valence-corrected chi connectivity index (χ3v) is 2.43. The number of allylic oxidation sites excluding steroid dienone is 2. The van der Waals surface area contributed by atoms with E-state index in [1.807, 2.05) is 0 Å². The van der Waals surface area contributed by atoms with Crippen LogP contribution in [-0.2, 0) is 0 Å². The third-order valence-electron chi connectivity index (χ3n) is 2.43. The van der Waals surface area contributed by atoms with Gasteiger partial charge in [-0.1, -0.05) is 13.3 Å². The Kier molecular flexibility index (Phi) is 4.95. The van der Waals surface area contributed by atoms with Crippen molar-refractivity contribution in [3.05, 3.63) is 41.9 Å². The van der Waals surface area contributed by atoms with E-state index in [0.717, 1.165) is 0 Å². The highest BCUT2D eigenvalue weighted by Crippen LogP contribution is 2.28. The van der Waals surface area contributed by atoms with Crippen LogP contribution in [0, 0.1) is 0 Å². The second-order valence-electron chi connectivity index (χ2n) is 3.94. The van der Waals surface area contributed by atoms with Gasteiger partial charge in [-0.2, -0.15) is 8.78 Å². The molecule has 1 N–H and O–H groups in total. The van der Waals surface area contributed by atoms with E-state index in [2.05, 4.69) is 4.98 Å². The molecule has 1 rings (SSSR count). The molecule has 0 saturated carbocycles. The predicted octanol–water partition coefficient (Wildman–Crippen LogP) is 3.53. The molecule has 0 fully saturated rings. The van der Waals surface area contributed by atoms with Crippen LogP contribution in [0.5, 0.6) is 0 Å². The zero-order valence-corrected chi connectivity index (χ0v) is 10.1. The van der Waals surface area contributed by atoms with Gasteiger partial charge in [0, 0.05) is 30.5 Å². The van der Waals surface area contributed by atoms with Crippen LogP contribution >= 0.6 is 0 Å². The molecule has 1 aromatic rings. The first-order chi connectivity index (χ1) is 8.47. The number of aliphatic hydroxyl groups excluding tert-OH is 1. The van der Waals surface area contributed by atoms with Crippen LogP contribution < -0.4 is 0 Å². The molecule has 0 saturated heterocycles. The first-order valence-corrected chi connectivity index (χ1v) is 5.70. The summed E-state index contributed by atoms with van der Waals surface area (Å²) in [7, 11) is 0. The van der Waals surface area contributed by atoms with Crippen molar-refractivity contribution in [3.8, 4) is 0 Å². The lowest BCUT2D eigenvalue weighted by molar-refractivity contribution is -0.0102. The maximum Gasteiger partial charge on any atom is 0.303 e. The Bertz CT molecular complexity index is 430. The number of unbranched alkanes of at least 4 members (excludes halogenated alkanes) is 1. The number of aromatic nitrogens is 1. The fourth-order valence-corrected chi connectivity index (χ4v) is 1.35. The fraction of sp³-hybridized carbons (Fsp3) is 0.385. The molecule has 3 nitrogen and oxygen atoms in total. The molecule has 0 atom stereocenters. The van der Waals surface area contributed by atoms with Gasteiger partial charge in [-0.25, -0.2) is 0 Å². The van der Waals surface area contributed by atoms with E-state index in [0.29, 0.717) is 12.5 Å². The number of ketones is 1. The van der Waals surface area contributed by atoms with Gasteiger partial charge in [-0.3, -0.25) is 9.78 Å². The molecule has 0 aromatic carbocycles. The fourth-order valence-electron chi connectivity index (χ4n) is 1.35. The third kappa shape index (κ3) is 3.91. The number of nitrogens with zero attached hydrogens (tertiary/aromatic N) is 1. The number of rotatable bonds is 6. The molecule has 0 radical (unpaired) electrons. The molecule has 0 aliphatic heterocycles. The molecule has 0 spiro atoms. The lowest BCUT2D eigenvalue weighted by Gasteiger charge is -2.14. The van der Waals surface area contributed by atoms with Crippen LogP contribution in [0.25, 0.3) is 0 Å². The smallest absolute Gasteiger partial charge is 0.303 e. The average molecular weight is 255 g/mol. The van der Waals surface area contributed by atoms with Gasteiger partial charge in [0.2, 0.25) is 0 Å². The Morgan fingerprint density at radius 3 is 2.83 bits per heavy atom. The minimum absolute atomic E-state index is 0.162. The lowest BCUT2D eigenvalue weighted by Crippen LogP contribution is -2.20. The van der Waals surface area contributed by atoms with Crippen LogP contribution in [0.4, 0.5) is 8.78 Å². The quantitative estimate of drug-likeness (QED) is 0.480. The molecule has 1 aromatic heterocycles. The van der Waals surface area contributed by atoms with Gasteiger partial charge in [-0.15, -0.1) is 0 Å². The predicted molar refractivity (Wildman–Crippen MR) is 63.8 cm³/mol. The molecule has 0 aliphatic rings. The van der Waals surface area contributed by atoms with Gasteiger partial charge in [-0.05, 0) is 18.6 Å². The zero-order chi connectivity index (χ0) is 13.6. The SMILES string of the molecule is CCCCC(F)(F)/C(O)=C/C(=O)c1cccnc1. The van der Waals surface area contributed by atoms with Crippen molar-refractivity contribution in [2.75, 3.05) is 0 Å². The van der Waals surface area contributed by atoms with E-state index in [4.69, 9.17) is 0 Å². The second-order valence-corrected chi connectivity index (χ2v) is 3.94. The number of pyridine rings is 1. The van der Waals surface area contributed by atoms with Crippen molar-refractivity contribution in [1.82, 2.24) is 4.98 Å². The molecule has 1 heterocycles. The van der Waals surface area contributed by atoms with Crippen LogP contribution in [0.15, 0.2) is 36.4 Å². The summed E-state index contributed by atoms with van der Waals surface area (Å²) in [5, 5.41) is 9.31. The maximum absolute atomic E-state index is 13.4.